The lowest BCUT2D eigenvalue weighted by atomic mass is 10.1. The molecular weight excluding hydrogens is 438 g/mol. The number of fused-ring (bicyclic) bond motifs is 1. The average molecular weight is 462 g/mol. The van der Waals surface area contributed by atoms with Crippen LogP contribution in [0.3, 0.4) is 0 Å². The van der Waals surface area contributed by atoms with Crippen LogP contribution in [0.2, 0.25) is 0 Å². The molecule has 3 aromatic rings. The number of carbonyl (C=O) groups excluding carboxylic acids is 1. The van der Waals surface area contributed by atoms with Gasteiger partial charge in [0.05, 0.1) is 33.0 Å². The molecule has 1 aromatic heterocycles. The minimum Gasteiger partial charge on any atom is -0.493 e. The van der Waals surface area contributed by atoms with E-state index < -0.39 is 0 Å². The van der Waals surface area contributed by atoms with Crippen molar-refractivity contribution in [2.45, 2.75) is 19.8 Å². The maximum Gasteiger partial charge on any atom is 0.355 e. The van der Waals surface area contributed by atoms with Crippen molar-refractivity contribution in [1.82, 2.24) is 4.98 Å². The molecule has 0 amide bonds. The van der Waals surface area contributed by atoms with Gasteiger partial charge in [-0.1, -0.05) is 18.2 Å². The first kappa shape index (κ1) is 21.0. The Hall–Kier alpha value is -2.67. The molecule has 0 bridgehead atoms. The highest BCUT2D eigenvalue weighted by atomic mass is 79.9. The third-order valence-corrected chi connectivity index (χ3v) is 5.23. The van der Waals surface area contributed by atoms with Gasteiger partial charge in [0.1, 0.15) is 5.69 Å². The quantitative estimate of drug-likeness (QED) is 0.353. The predicted molar refractivity (Wildman–Crippen MR) is 115 cm³/mol. The summed E-state index contributed by atoms with van der Waals surface area (Å²) in [5.41, 5.74) is 2.31. The maximum atomic E-state index is 12.4. The molecule has 0 atom stereocenters. The lowest BCUT2D eigenvalue weighted by molar-refractivity contribution is 0.0519. The first-order valence-electron chi connectivity index (χ1n) is 9.40. The molecule has 0 spiro atoms. The van der Waals surface area contributed by atoms with Gasteiger partial charge in [-0.25, -0.2) is 4.79 Å². The molecule has 0 aliphatic heterocycles. The first-order valence-corrected chi connectivity index (χ1v) is 10.2. The van der Waals surface area contributed by atoms with E-state index in [2.05, 4.69) is 20.9 Å². The smallest absolute Gasteiger partial charge is 0.355 e. The Bertz CT molecular complexity index is 998. The number of aryl methyl sites for hydroxylation is 1. The van der Waals surface area contributed by atoms with E-state index in [1.165, 1.54) is 0 Å². The normalized spacial score (nSPS) is 10.8. The number of para-hydroxylation sites is 2. The van der Waals surface area contributed by atoms with Gasteiger partial charge in [0, 0.05) is 9.86 Å². The summed E-state index contributed by atoms with van der Waals surface area (Å²) in [4.78, 5) is 15.6. The summed E-state index contributed by atoms with van der Waals surface area (Å²) in [6.45, 7) is 2.59. The number of aromatic nitrogens is 1. The number of H-pyrrole nitrogens is 1. The second kappa shape index (κ2) is 9.69. The standard InChI is InChI=1S/C22H24BrNO5/c1-4-28-22(25)20-15(14-8-5-10-16(23)19(14)24-20)9-7-13-29-18-12-6-11-17(26-2)21(18)27-3/h5-6,8,10-12,24H,4,7,9,13H2,1-3H3. The maximum absolute atomic E-state index is 12.4. The van der Waals surface area contributed by atoms with Crippen molar-refractivity contribution >= 4 is 32.8 Å². The van der Waals surface area contributed by atoms with E-state index in [-0.39, 0.29) is 5.97 Å². The number of hydrogen-bond donors (Lipinski definition) is 1. The number of carbonyl (C=O) groups is 1. The zero-order chi connectivity index (χ0) is 20.8. The van der Waals surface area contributed by atoms with Gasteiger partial charge in [-0.15, -0.1) is 0 Å². The molecule has 0 fully saturated rings. The van der Waals surface area contributed by atoms with Gasteiger partial charge in [0.15, 0.2) is 11.5 Å². The van der Waals surface area contributed by atoms with Crippen molar-refractivity contribution in [3.05, 3.63) is 52.1 Å². The van der Waals surface area contributed by atoms with Crippen LogP contribution < -0.4 is 14.2 Å². The molecule has 2 aromatic carbocycles. The Labute approximate surface area is 178 Å². The molecule has 3 rings (SSSR count). The van der Waals surface area contributed by atoms with Crippen LogP contribution in [0.25, 0.3) is 10.9 Å². The SMILES string of the molecule is CCOC(=O)c1[nH]c2c(Br)cccc2c1CCCOc1cccc(OC)c1OC. The number of rotatable bonds is 9. The molecule has 1 N–H and O–H groups in total. The van der Waals surface area contributed by atoms with Crippen LogP contribution in [0, 0.1) is 0 Å². The summed E-state index contributed by atoms with van der Waals surface area (Å²) in [5.74, 6) is 1.47. The summed E-state index contributed by atoms with van der Waals surface area (Å²) in [6.07, 6.45) is 1.38. The molecule has 7 heteroatoms. The second-order valence-electron chi connectivity index (χ2n) is 6.31. The predicted octanol–water partition coefficient (Wildman–Crippen LogP) is 5.14. The van der Waals surface area contributed by atoms with E-state index in [1.54, 1.807) is 21.1 Å². The monoisotopic (exact) mass is 461 g/mol. The van der Waals surface area contributed by atoms with Gasteiger partial charge < -0.3 is 23.9 Å². The van der Waals surface area contributed by atoms with Gasteiger partial charge >= 0.3 is 5.97 Å². The van der Waals surface area contributed by atoms with Crippen LogP contribution in [0.1, 0.15) is 29.4 Å². The number of benzene rings is 2. The summed E-state index contributed by atoms with van der Waals surface area (Å²) < 4.78 is 22.7. The van der Waals surface area contributed by atoms with E-state index in [4.69, 9.17) is 18.9 Å². The molecule has 0 radical (unpaired) electrons. The summed E-state index contributed by atoms with van der Waals surface area (Å²) in [6, 6.07) is 11.4. The van der Waals surface area contributed by atoms with Crippen molar-refractivity contribution in [2.75, 3.05) is 27.4 Å². The van der Waals surface area contributed by atoms with Crippen LogP contribution in [0.4, 0.5) is 0 Å². The minimum atomic E-state index is -0.346. The van der Waals surface area contributed by atoms with Crippen LogP contribution in [0.5, 0.6) is 17.2 Å². The zero-order valence-electron chi connectivity index (χ0n) is 16.7. The number of hydrogen-bond acceptors (Lipinski definition) is 5. The van der Waals surface area contributed by atoms with Gasteiger partial charge in [0.25, 0.3) is 0 Å². The number of ether oxygens (including phenoxy) is 4. The van der Waals surface area contributed by atoms with Gasteiger partial charge in [-0.2, -0.15) is 0 Å². The topological polar surface area (TPSA) is 69.8 Å². The lowest BCUT2D eigenvalue weighted by Crippen LogP contribution is -2.09. The van der Waals surface area contributed by atoms with Crippen molar-refractivity contribution in [3.63, 3.8) is 0 Å². The molecule has 0 aliphatic rings. The number of methoxy groups -OCH3 is 2. The highest BCUT2D eigenvalue weighted by Crippen LogP contribution is 2.36. The van der Waals surface area contributed by atoms with Gasteiger partial charge in [-0.3, -0.25) is 0 Å². The van der Waals surface area contributed by atoms with E-state index in [0.717, 1.165) is 20.9 Å². The molecule has 0 unspecified atom stereocenters. The lowest BCUT2D eigenvalue weighted by Gasteiger charge is -2.13. The van der Waals surface area contributed by atoms with Gasteiger partial charge in [-0.05, 0) is 59.5 Å². The largest absolute Gasteiger partial charge is 0.493 e. The fourth-order valence-electron chi connectivity index (χ4n) is 3.28. The Kier molecular flexibility index (Phi) is 7.04. The van der Waals surface area contributed by atoms with Crippen LogP contribution in [0.15, 0.2) is 40.9 Å². The second-order valence-corrected chi connectivity index (χ2v) is 7.16. The Morgan fingerprint density at radius 3 is 2.55 bits per heavy atom. The highest BCUT2D eigenvalue weighted by molar-refractivity contribution is 9.10. The Morgan fingerprint density at radius 2 is 1.83 bits per heavy atom. The first-order chi connectivity index (χ1) is 14.1. The molecule has 29 heavy (non-hydrogen) atoms. The molecule has 0 aliphatic carbocycles. The van der Waals surface area contributed by atoms with E-state index >= 15 is 0 Å². The Balaban J connectivity index is 1.76. The minimum absolute atomic E-state index is 0.327. The highest BCUT2D eigenvalue weighted by Gasteiger charge is 2.20. The molecule has 1 heterocycles. The van der Waals surface area contributed by atoms with Crippen molar-refractivity contribution in [2.24, 2.45) is 0 Å². The van der Waals surface area contributed by atoms with E-state index in [9.17, 15) is 4.79 Å². The number of esters is 1. The van der Waals surface area contributed by atoms with Crippen LogP contribution in [-0.2, 0) is 11.2 Å². The number of aromatic amines is 1. The van der Waals surface area contributed by atoms with E-state index in [0.29, 0.717) is 49.0 Å². The summed E-state index contributed by atoms with van der Waals surface area (Å²) in [7, 11) is 3.17. The molecule has 154 valence electrons. The molecule has 0 saturated heterocycles. The van der Waals surface area contributed by atoms with Crippen molar-refractivity contribution < 1.29 is 23.7 Å². The third-order valence-electron chi connectivity index (χ3n) is 4.57. The van der Waals surface area contributed by atoms with Crippen LogP contribution >= 0.6 is 15.9 Å². The van der Waals surface area contributed by atoms with Crippen molar-refractivity contribution in [3.8, 4) is 17.2 Å². The van der Waals surface area contributed by atoms with Crippen LogP contribution in [-0.4, -0.2) is 38.4 Å². The fourth-order valence-corrected chi connectivity index (χ4v) is 3.74. The fraction of sp³-hybridized carbons (Fsp3) is 0.318. The number of nitrogens with one attached hydrogen (secondary N) is 1. The summed E-state index contributed by atoms with van der Waals surface area (Å²) in [5, 5.41) is 1.00. The molecule has 6 nitrogen and oxygen atoms in total. The Morgan fingerprint density at radius 1 is 1.07 bits per heavy atom. The average Bonchev–Trinajstić information content (AvgIpc) is 3.11. The third kappa shape index (κ3) is 4.50. The van der Waals surface area contributed by atoms with Crippen molar-refractivity contribution in [1.29, 1.82) is 0 Å². The van der Waals surface area contributed by atoms with E-state index in [1.807, 2.05) is 36.4 Å². The summed E-state index contributed by atoms with van der Waals surface area (Å²) >= 11 is 3.54. The zero-order valence-corrected chi connectivity index (χ0v) is 18.3. The number of halogens is 1. The molecule has 0 saturated carbocycles. The molecular formula is C22H24BrNO5. The van der Waals surface area contributed by atoms with Gasteiger partial charge in [0.2, 0.25) is 5.75 Å².